The minimum Gasteiger partial charge on any atom is -0.250 e. The fraction of sp³-hybridized carbons (Fsp3) is 0.286. The molecule has 1 nitrogen and oxygen atoms in total. The number of alkyl halides is 5. The van der Waals surface area contributed by atoms with Gasteiger partial charge in [0.2, 0.25) is 0 Å². The standard InChI is InChI=1S/C7H2Br2F5N/c8-2-1-15-5(7(12,13)14)3(4(2)9)6(10)11/h1,6H. The first-order valence-corrected chi connectivity index (χ1v) is 5.03. The molecular weight excluding hydrogens is 353 g/mol. The third-order valence-corrected chi connectivity index (χ3v) is 3.48. The summed E-state index contributed by atoms with van der Waals surface area (Å²) in [6.45, 7) is 0. The first-order valence-electron chi connectivity index (χ1n) is 3.44. The molecule has 1 heterocycles. The third-order valence-electron chi connectivity index (χ3n) is 1.49. The quantitative estimate of drug-likeness (QED) is 0.673. The van der Waals surface area contributed by atoms with Crippen molar-refractivity contribution in [2.24, 2.45) is 0 Å². The molecule has 1 rings (SSSR count). The van der Waals surface area contributed by atoms with Crippen molar-refractivity contribution in [1.82, 2.24) is 4.98 Å². The number of nitrogens with zero attached hydrogens (tertiary/aromatic N) is 1. The number of pyridine rings is 1. The molecular formula is C7H2Br2F5N. The van der Waals surface area contributed by atoms with E-state index < -0.39 is 23.9 Å². The minimum absolute atomic E-state index is 0.0470. The van der Waals surface area contributed by atoms with Crippen LogP contribution in [0.2, 0.25) is 0 Å². The van der Waals surface area contributed by atoms with Crippen LogP contribution in [0.1, 0.15) is 17.7 Å². The lowest BCUT2D eigenvalue weighted by Crippen LogP contribution is -2.13. The number of hydrogen-bond donors (Lipinski definition) is 0. The molecule has 0 aliphatic carbocycles. The smallest absolute Gasteiger partial charge is 0.250 e. The van der Waals surface area contributed by atoms with Crippen LogP contribution in [0.3, 0.4) is 0 Å². The van der Waals surface area contributed by atoms with Crippen molar-refractivity contribution in [3.05, 3.63) is 26.4 Å². The Morgan fingerprint density at radius 3 is 2.13 bits per heavy atom. The van der Waals surface area contributed by atoms with Crippen LogP contribution in [0.25, 0.3) is 0 Å². The summed E-state index contributed by atoms with van der Waals surface area (Å²) in [5.41, 5.74) is -2.73. The van der Waals surface area contributed by atoms with Gasteiger partial charge in [0, 0.05) is 10.7 Å². The van der Waals surface area contributed by atoms with Crippen LogP contribution in [0.15, 0.2) is 15.1 Å². The SMILES string of the molecule is FC(F)c1c(C(F)(F)F)ncc(Br)c1Br. The van der Waals surface area contributed by atoms with Crippen LogP contribution < -0.4 is 0 Å². The molecule has 0 fully saturated rings. The highest BCUT2D eigenvalue weighted by Crippen LogP contribution is 2.41. The second-order valence-electron chi connectivity index (χ2n) is 2.48. The summed E-state index contributed by atoms with van der Waals surface area (Å²) in [6, 6.07) is 0. The Morgan fingerprint density at radius 2 is 1.73 bits per heavy atom. The normalized spacial score (nSPS) is 12.3. The first kappa shape index (κ1) is 12.8. The highest BCUT2D eigenvalue weighted by atomic mass is 79.9. The van der Waals surface area contributed by atoms with Crippen LogP contribution in [0, 0.1) is 0 Å². The predicted octanol–water partition coefficient (Wildman–Crippen LogP) is 4.56. The summed E-state index contributed by atoms with van der Waals surface area (Å²) in [5.74, 6) is 0. The number of aromatic nitrogens is 1. The summed E-state index contributed by atoms with van der Waals surface area (Å²) >= 11 is 5.46. The Hall–Kier alpha value is -0.240. The van der Waals surface area contributed by atoms with Crippen molar-refractivity contribution >= 4 is 31.9 Å². The van der Waals surface area contributed by atoms with Gasteiger partial charge in [-0.1, -0.05) is 0 Å². The number of rotatable bonds is 1. The second kappa shape index (κ2) is 4.32. The van der Waals surface area contributed by atoms with Gasteiger partial charge in [-0.05, 0) is 31.9 Å². The van der Waals surface area contributed by atoms with Gasteiger partial charge < -0.3 is 0 Å². The van der Waals surface area contributed by atoms with E-state index in [1.807, 2.05) is 0 Å². The molecule has 0 bridgehead atoms. The molecule has 0 aromatic carbocycles. The van der Waals surface area contributed by atoms with Crippen LogP contribution >= 0.6 is 31.9 Å². The maximum Gasteiger partial charge on any atom is 0.433 e. The van der Waals surface area contributed by atoms with Gasteiger partial charge in [0.15, 0.2) is 5.69 Å². The van der Waals surface area contributed by atoms with E-state index in [1.54, 1.807) is 0 Å². The molecule has 0 atom stereocenters. The zero-order valence-electron chi connectivity index (χ0n) is 6.75. The predicted molar refractivity (Wildman–Crippen MR) is 49.6 cm³/mol. The summed E-state index contributed by atoms with van der Waals surface area (Å²) in [6.07, 6.45) is -7.32. The summed E-state index contributed by atoms with van der Waals surface area (Å²) < 4.78 is 61.4. The van der Waals surface area contributed by atoms with E-state index in [0.29, 0.717) is 0 Å². The van der Waals surface area contributed by atoms with Crippen molar-refractivity contribution in [2.75, 3.05) is 0 Å². The third kappa shape index (κ3) is 2.66. The molecule has 0 aliphatic heterocycles. The van der Waals surface area contributed by atoms with Gasteiger partial charge >= 0.3 is 6.18 Å². The van der Waals surface area contributed by atoms with Gasteiger partial charge in [0.1, 0.15) is 0 Å². The first-order chi connectivity index (χ1) is 6.75. The molecule has 15 heavy (non-hydrogen) atoms. The van der Waals surface area contributed by atoms with Crippen LogP contribution in [0.5, 0.6) is 0 Å². The van der Waals surface area contributed by atoms with Gasteiger partial charge in [-0.3, -0.25) is 4.98 Å². The molecule has 1 aromatic heterocycles. The Balaban J connectivity index is 3.47. The van der Waals surface area contributed by atoms with Crippen LogP contribution in [-0.4, -0.2) is 4.98 Å². The topological polar surface area (TPSA) is 12.9 Å². The lowest BCUT2D eigenvalue weighted by atomic mass is 10.2. The summed E-state index contributed by atoms with van der Waals surface area (Å²) in [5, 5.41) is 0. The van der Waals surface area contributed by atoms with Gasteiger partial charge in [-0.25, -0.2) is 8.78 Å². The van der Waals surface area contributed by atoms with Crippen molar-refractivity contribution < 1.29 is 22.0 Å². The Morgan fingerprint density at radius 1 is 1.20 bits per heavy atom. The highest BCUT2D eigenvalue weighted by Gasteiger charge is 2.39. The van der Waals surface area contributed by atoms with E-state index in [0.717, 1.165) is 6.20 Å². The Labute approximate surface area is 97.9 Å². The van der Waals surface area contributed by atoms with Gasteiger partial charge in [0.05, 0.1) is 10.0 Å². The molecule has 1 aromatic rings. The highest BCUT2D eigenvalue weighted by molar-refractivity contribution is 9.13. The monoisotopic (exact) mass is 353 g/mol. The van der Waals surface area contributed by atoms with Crippen molar-refractivity contribution in [3.8, 4) is 0 Å². The largest absolute Gasteiger partial charge is 0.433 e. The van der Waals surface area contributed by atoms with Gasteiger partial charge in [-0.2, -0.15) is 13.2 Å². The van der Waals surface area contributed by atoms with Gasteiger partial charge in [0.25, 0.3) is 6.43 Å². The molecule has 0 N–H and O–H groups in total. The lowest BCUT2D eigenvalue weighted by molar-refractivity contribution is -0.143. The maximum atomic E-state index is 12.4. The fourth-order valence-electron chi connectivity index (χ4n) is 0.905. The maximum absolute atomic E-state index is 12.4. The van der Waals surface area contributed by atoms with Gasteiger partial charge in [-0.15, -0.1) is 0 Å². The van der Waals surface area contributed by atoms with Crippen molar-refractivity contribution in [2.45, 2.75) is 12.6 Å². The molecule has 0 saturated heterocycles. The summed E-state index contributed by atoms with van der Waals surface area (Å²) in [7, 11) is 0. The van der Waals surface area contributed by atoms with Crippen LogP contribution in [-0.2, 0) is 6.18 Å². The van der Waals surface area contributed by atoms with Crippen molar-refractivity contribution in [1.29, 1.82) is 0 Å². The molecule has 8 heteroatoms. The van der Waals surface area contributed by atoms with Crippen LogP contribution in [0.4, 0.5) is 22.0 Å². The lowest BCUT2D eigenvalue weighted by Gasteiger charge is -2.13. The molecule has 84 valence electrons. The number of halogens is 7. The average molecular weight is 355 g/mol. The molecule has 0 aliphatic rings. The van der Waals surface area contributed by atoms with E-state index in [9.17, 15) is 22.0 Å². The molecule has 0 radical (unpaired) electrons. The van der Waals surface area contributed by atoms with E-state index in [2.05, 4.69) is 36.8 Å². The van der Waals surface area contributed by atoms with E-state index >= 15 is 0 Å². The average Bonchev–Trinajstić information content (AvgIpc) is 2.06. The Kier molecular flexibility index (Phi) is 3.70. The fourth-order valence-corrected chi connectivity index (χ4v) is 1.68. The minimum atomic E-state index is -4.89. The van der Waals surface area contributed by atoms with E-state index in [1.165, 1.54) is 0 Å². The number of hydrogen-bond acceptors (Lipinski definition) is 1. The molecule has 0 unspecified atom stereocenters. The summed E-state index contributed by atoms with van der Waals surface area (Å²) in [4.78, 5) is 2.95. The molecule has 0 saturated carbocycles. The Bertz CT molecular complexity index is 376. The molecule has 0 amide bonds. The van der Waals surface area contributed by atoms with E-state index in [-0.39, 0.29) is 8.95 Å². The molecule has 0 spiro atoms. The zero-order chi connectivity index (χ0) is 11.8. The van der Waals surface area contributed by atoms with Crippen molar-refractivity contribution in [3.63, 3.8) is 0 Å². The van der Waals surface area contributed by atoms with E-state index in [4.69, 9.17) is 0 Å². The second-order valence-corrected chi connectivity index (χ2v) is 4.13. The zero-order valence-corrected chi connectivity index (χ0v) is 9.92.